The van der Waals surface area contributed by atoms with Crippen LogP contribution in [0.25, 0.3) is 10.9 Å². The normalized spacial score (nSPS) is 11.3. The highest BCUT2D eigenvalue weighted by Gasteiger charge is 2.30. The molecule has 44 heavy (non-hydrogen) atoms. The third kappa shape index (κ3) is 5.83. The maximum absolute atomic E-state index is 14.2. The number of fused-ring (bicyclic) bond motifs is 1. The second kappa shape index (κ2) is 12.4. The number of anilines is 1. The number of rotatable bonds is 8. The van der Waals surface area contributed by atoms with E-state index >= 15 is 0 Å². The molecular weight excluding hydrogens is 616 g/mol. The van der Waals surface area contributed by atoms with E-state index in [0.29, 0.717) is 0 Å². The molecule has 0 saturated carbocycles. The number of ether oxygens (including phenoxy) is 1. The Kier molecular flexibility index (Phi) is 9.01. The van der Waals surface area contributed by atoms with E-state index < -0.39 is 99.0 Å². The third-order valence-electron chi connectivity index (χ3n) is 6.02. The van der Waals surface area contributed by atoms with Crippen molar-refractivity contribution < 1.29 is 58.2 Å². The van der Waals surface area contributed by atoms with Crippen molar-refractivity contribution in [3.05, 3.63) is 99.3 Å². The minimum Gasteiger partial charge on any atom is -0.493 e. The van der Waals surface area contributed by atoms with E-state index in [9.17, 15) is 53.5 Å². The summed E-state index contributed by atoms with van der Waals surface area (Å²) in [5.74, 6) is -26.5. The standard InChI is InChI=1S/C28H17F10N3O3/c1-9(2)8-44-14-6-13(27(42)39-7-11-16(29)20(33)24(37)21(34)17(11)30)40-26-10(14)4-3-5-12(26)41-28(43)15-18(31)22(35)25(38)23(36)19(15)32/h3-6,9H,7-8H2,1-2H3,(H,39,42)(H,41,43). The van der Waals surface area contributed by atoms with Gasteiger partial charge in [0.2, 0.25) is 11.6 Å². The Morgan fingerprint density at radius 3 is 1.82 bits per heavy atom. The molecule has 0 aliphatic heterocycles. The number of nitrogens with zero attached hydrogens (tertiary/aromatic N) is 1. The van der Waals surface area contributed by atoms with Crippen molar-refractivity contribution in [1.82, 2.24) is 10.3 Å². The van der Waals surface area contributed by atoms with Gasteiger partial charge < -0.3 is 15.4 Å². The molecule has 1 heterocycles. The molecule has 0 radical (unpaired) electrons. The molecule has 0 aliphatic rings. The van der Waals surface area contributed by atoms with Gasteiger partial charge in [-0.1, -0.05) is 19.9 Å². The van der Waals surface area contributed by atoms with Crippen LogP contribution >= 0.6 is 0 Å². The molecule has 2 amide bonds. The lowest BCUT2D eigenvalue weighted by atomic mass is 10.1. The highest BCUT2D eigenvalue weighted by Crippen LogP contribution is 2.32. The lowest BCUT2D eigenvalue weighted by molar-refractivity contribution is 0.0944. The number of benzene rings is 3. The molecule has 0 spiro atoms. The first kappa shape index (κ1) is 32.0. The van der Waals surface area contributed by atoms with Crippen LogP contribution < -0.4 is 15.4 Å². The second-order valence-electron chi connectivity index (χ2n) is 9.54. The Labute approximate surface area is 240 Å². The Morgan fingerprint density at radius 1 is 0.750 bits per heavy atom. The predicted octanol–water partition coefficient (Wildman–Crippen LogP) is 6.84. The van der Waals surface area contributed by atoms with Crippen LogP contribution in [0.15, 0.2) is 24.3 Å². The van der Waals surface area contributed by atoms with Gasteiger partial charge in [0, 0.05) is 23.6 Å². The van der Waals surface area contributed by atoms with E-state index in [1.54, 1.807) is 13.8 Å². The van der Waals surface area contributed by atoms with Crippen molar-refractivity contribution in [1.29, 1.82) is 0 Å². The molecule has 2 N–H and O–H groups in total. The fraction of sp³-hybridized carbons (Fsp3) is 0.179. The Morgan fingerprint density at radius 2 is 1.27 bits per heavy atom. The number of hydrogen-bond donors (Lipinski definition) is 2. The Balaban J connectivity index is 1.76. The Hall–Kier alpha value is -4.89. The molecule has 0 bridgehead atoms. The van der Waals surface area contributed by atoms with Gasteiger partial charge in [-0.2, -0.15) is 0 Å². The summed E-state index contributed by atoms with van der Waals surface area (Å²) < 4.78 is 144. The van der Waals surface area contributed by atoms with E-state index in [2.05, 4.69) is 4.98 Å². The van der Waals surface area contributed by atoms with Crippen LogP contribution in [0.3, 0.4) is 0 Å². The maximum atomic E-state index is 14.2. The molecule has 4 aromatic rings. The van der Waals surface area contributed by atoms with Crippen LogP contribution in [0.2, 0.25) is 0 Å². The topological polar surface area (TPSA) is 80.3 Å². The van der Waals surface area contributed by atoms with Crippen molar-refractivity contribution in [3.8, 4) is 5.75 Å². The lowest BCUT2D eigenvalue weighted by Gasteiger charge is -2.16. The van der Waals surface area contributed by atoms with E-state index in [-0.39, 0.29) is 29.2 Å². The zero-order chi connectivity index (χ0) is 32.6. The summed E-state index contributed by atoms with van der Waals surface area (Å²) in [6, 6.07) is 4.82. The number of pyridine rings is 1. The molecule has 0 unspecified atom stereocenters. The lowest BCUT2D eigenvalue weighted by Crippen LogP contribution is -2.26. The number of para-hydroxylation sites is 1. The quantitative estimate of drug-likeness (QED) is 0.127. The van der Waals surface area contributed by atoms with Gasteiger partial charge in [0.15, 0.2) is 46.5 Å². The average Bonchev–Trinajstić information content (AvgIpc) is 2.99. The number of aromatic nitrogens is 1. The van der Waals surface area contributed by atoms with E-state index in [0.717, 1.165) is 12.1 Å². The van der Waals surface area contributed by atoms with E-state index in [1.165, 1.54) is 12.1 Å². The van der Waals surface area contributed by atoms with Crippen molar-refractivity contribution in [2.24, 2.45) is 5.92 Å². The summed E-state index contributed by atoms with van der Waals surface area (Å²) in [4.78, 5) is 29.6. The zero-order valence-corrected chi connectivity index (χ0v) is 22.3. The molecule has 232 valence electrons. The molecule has 0 saturated heterocycles. The maximum Gasteiger partial charge on any atom is 0.270 e. The van der Waals surface area contributed by atoms with Gasteiger partial charge in [-0.25, -0.2) is 48.9 Å². The first-order valence-corrected chi connectivity index (χ1v) is 12.3. The summed E-state index contributed by atoms with van der Waals surface area (Å²) in [7, 11) is 0. The molecular formula is C28H17F10N3O3. The number of nitrogens with one attached hydrogen (secondary N) is 2. The average molecular weight is 633 g/mol. The fourth-order valence-electron chi connectivity index (χ4n) is 3.86. The SMILES string of the molecule is CC(C)COc1cc(C(=O)NCc2c(F)c(F)c(F)c(F)c2F)nc2c(NC(=O)c3c(F)c(F)c(F)c(F)c3F)cccc12. The molecule has 3 aromatic carbocycles. The van der Waals surface area contributed by atoms with Crippen LogP contribution in [0.5, 0.6) is 5.75 Å². The highest BCUT2D eigenvalue weighted by molar-refractivity contribution is 6.10. The van der Waals surface area contributed by atoms with Crippen LogP contribution in [0.1, 0.15) is 40.3 Å². The van der Waals surface area contributed by atoms with Gasteiger partial charge in [0.1, 0.15) is 17.0 Å². The third-order valence-corrected chi connectivity index (χ3v) is 6.02. The molecule has 4 rings (SSSR count). The molecule has 0 atom stereocenters. The second-order valence-corrected chi connectivity index (χ2v) is 9.54. The van der Waals surface area contributed by atoms with E-state index in [4.69, 9.17) is 4.74 Å². The summed E-state index contributed by atoms with van der Waals surface area (Å²) in [5, 5.41) is 3.99. The predicted molar refractivity (Wildman–Crippen MR) is 134 cm³/mol. The van der Waals surface area contributed by atoms with Gasteiger partial charge in [0.05, 0.1) is 17.8 Å². The van der Waals surface area contributed by atoms with Gasteiger partial charge in [-0.15, -0.1) is 0 Å². The number of halogens is 10. The van der Waals surface area contributed by atoms with Crippen molar-refractivity contribution in [2.75, 3.05) is 11.9 Å². The van der Waals surface area contributed by atoms with Gasteiger partial charge >= 0.3 is 0 Å². The fourth-order valence-corrected chi connectivity index (χ4v) is 3.86. The van der Waals surface area contributed by atoms with Crippen LogP contribution in [-0.2, 0) is 6.54 Å². The van der Waals surface area contributed by atoms with Crippen molar-refractivity contribution in [2.45, 2.75) is 20.4 Å². The number of carbonyl (C=O) groups is 2. The molecule has 16 heteroatoms. The zero-order valence-electron chi connectivity index (χ0n) is 22.3. The van der Waals surface area contributed by atoms with Crippen LogP contribution in [-0.4, -0.2) is 23.4 Å². The molecule has 0 aliphatic carbocycles. The number of carbonyl (C=O) groups excluding carboxylic acids is 2. The molecule has 0 fully saturated rings. The number of hydrogen-bond acceptors (Lipinski definition) is 4. The van der Waals surface area contributed by atoms with Gasteiger partial charge in [-0.3, -0.25) is 9.59 Å². The van der Waals surface area contributed by atoms with Gasteiger partial charge in [-0.05, 0) is 18.1 Å². The monoisotopic (exact) mass is 633 g/mol. The largest absolute Gasteiger partial charge is 0.493 e. The minimum absolute atomic E-state index is 0.0475. The molecule has 6 nitrogen and oxygen atoms in total. The summed E-state index contributed by atoms with van der Waals surface area (Å²) in [6.45, 7) is 2.38. The van der Waals surface area contributed by atoms with E-state index in [1.807, 2.05) is 10.6 Å². The minimum atomic E-state index is -2.49. The van der Waals surface area contributed by atoms with Crippen molar-refractivity contribution in [3.63, 3.8) is 0 Å². The smallest absolute Gasteiger partial charge is 0.270 e. The van der Waals surface area contributed by atoms with Crippen LogP contribution in [0, 0.1) is 64.1 Å². The first-order valence-electron chi connectivity index (χ1n) is 12.3. The highest BCUT2D eigenvalue weighted by atomic mass is 19.2. The van der Waals surface area contributed by atoms with Gasteiger partial charge in [0.25, 0.3) is 11.8 Å². The Bertz CT molecular complexity index is 1770. The van der Waals surface area contributed by atoms with Crippen LogP contribution in [0.4, 0.5) is 49.6 Å². The molecule has 1 aromatic heterocycles. The first-order chi connectivity index (χ1) is 20.6. The summed E-state index contributed by atoms with van der Waals surface area (Å²) in [5.41, 5.74) is -4.47. The van der Waals surface area contributed by atoms with Crippen molar-refractivity contribution >= 4 is 28.4 Å². The summed E-state index contributed by atoms with van der Waals surface area (Å²) >= 11 is 0. The summed E-state index contributed by atoms with van der Waals surface area (Å²) in [6.07, 6.45) is 0. The number of amides is 2.